The summed E-state index contributed by atoms with van der Waals surface area (Å²) in [7, 11) is 0. The van der Waals surface area contributed by atoms with E-state index in [1.807, 2.05) is 0 Å². The monoisotopic (exact) mass is 180 g/mol. The summed E-state index contributed by atoms with van der Waals surface area (Å²) in [5.74, 6) is -3.21. The molecular formula is C6H3F3OS. The highest BCUT2D eigenvalue weighted by Gasteiger charge is 2.10. The van der Waals surface area contributed by atoms with Gasteiger partial charge in [0.05, 0.1) is 0 Å². The summed E-state index contributed by atoms with van der Waals surface area (Å²) in [5.41, 5.74) is 0. The van der Waals surface area contributed by atoms with Gasteiger partial charge in [-0.1, -0.05) is 0 Å². The van der Waals surface area contributed by atoms with E-state index in [1.165, 1.54) is 0 Å². The average molecular weight is 180 g/mol. The Bertz CT molecular complexity index is 254. The molecule has 0 aliphatic heterocycles. The summed E-state index contributed by atoms with van der Waals surface area (Å²) in [6.07, 6.45) is 0. The molecule has 1 aromatic rings. The maximum Gasteiger partial charge on any atom is 0.144 e. The zero-order valence-electron chi connectivity index (χ0n) is 5.14. The molecule has 0 spiro atoms. The quantitative estimate of drug-likeness (QED) is 0.670. The molecule has 0 aromatic heterocycles. The second-order valence-electron chi connectivity index (χ2n) is 1.79. The van der Waals surface area contributed by atoms with Crippen LogP contribution in [0.2, 0.25) is 0 Å². The lowest BCUT2D eigenvalue weighted by Gasteiger charge is -1.98. The molecule has 0 heterocycles. The Hall–Kier alpha value is -0.680. The van der Waals surface area contributed by atoms with Gasteiger partial charge >= 0.3 is 0 Å². The Morgan fingerprint density at radius 1 is 1.09 bits per heavy atom. The van der Waals surface area contributed by atoms with Gasteiger partial charge in [-0.2, -0.15) is 0 Å². The third-order valence-corrected chi connectivity index (χ3v) is 1.63. The van der Waals surface area contributed by atoms with Crippen LogP contribution in [0.15, 0.2) is 17.0 Å². The van der Waals surface area contributed by atoms with E-state index in [0.29, 0.717) is 12.1 Å². The number of hydrogen-bond donors (Lipinski definition) is 1. The van der Waals surface area contributed by atoms with Crippen LogP contribution in [0.25, 0.3) is 0 Å². The second-order valence-corrected chi connectivity index (χ2v) is 2.38. The van der Waals surface area contributed by atoms with Crippen molar-refractivity contribution in [3.63, 3.8) is 0 Å². The normalized spacial score (nSPS) is 10.2. The molecule has 0 aliphatic carbocycles. The highest BCUT2D eigenvalue weighted by atomic mass is 32.2. The highest BCUT2D eigenvalue weighted by molar-refractivity contribution is 7.93. The lowest BCUT2D eigenvalue weighted by Crippen LogP contribution is -1.88. The predicted molar refractivity (Wildman–Crippen MR) is 34.8 cm³/mol. The SMILES string of the molecule is OSc1c(F)cc(F)cc1F. The first-order chi connectivity index (χ1) is 5.15. The van der Waals surface area contributed by atoms with Gasteiger partial charge in [0.1, 0.15) is 22.3 Å². The van der Waals surface area contributed by atoms with E-state index >= 15 is 0 Å². The molecule has 0 unspecified atom stereocenters. The maximum absolute atomic E-state index is 12.5. The molecule has 0 radical (unpaired) electrons. The zero-order valence-corrected chi connectivity index (χ0v) is 5.96. The predicted octanol–water partition coefficient (Wildman–Crippen LogP) is 2.67. The topological polar surface area (TPSA) is 20.2 Å². The molecule has 0 fully saturated rings. The summed E-state index contributed by atoms with van der Waals surface area (Å²) in [6, 6.07) is 1.00. The highest BCUT2D eigenvalue weighted by Crippen LogP contribution is 2.23. The Balaban J connectivity index is 3.25. The van der Waals surface area contributed by atoms with Crippen molar-refractivity contribution in [1.29, 1.82) is 0 Å². The number of halogens is 3. The fourth-order valence-electron chi connectivity index (χ4n) is 0.616. The first-order valence-corrected chi connectivity index (χ1v) is 3.38. The van der Waals surface area contributed by atoms with E-state index in [1.54, 1.807) is 0 Å². The van der Waals surface area contributed by atoms with Crippen molar-refractivity contribution < 1.29 is 17.7 Å². The standard InChI is InChI=1S/C6H3F3OS/c7-3-1-4(8)6(11-10)5(9)2-3/h1-2,10H. The molecule has 1 rings (SSSR count). The lowest BCUT2D eigenvalue weighted by molar-refractivity contribution is 0.505. The summed E-state index contributed by atoms with van der Waals surface area (Å²) in [5, 5.41) is 0. The smallest absolute Gasteiger partial charge is 0.144 e. The Morgan fingerprint density at radius 3 is 1.91 bits per heavy atom. The number of rotatable bonds is 1. The lowest BCUT2D eigenvalue weighted by atomic mass is 10.3. The van der Waals surface area contributed by atoms with Crippen LogP contribution in [-0.4, -0.2) is 4.55 Å². The van der Waals surface area contributed by atoms with E-state index < -0.39 is 22.3 Å². The van der Waals surface area contributed by atoms with E-state index in [2.05, 4.69) is 0 Å². The molecule has 0 aliphatic rings. The van der Waals surface area contributed by atoms with Crippen molar-refractivity contribution in [3.8, 4) is 0 Å². The van der Waals surface area contributed by atoms with E-state index in [-0.39, 0.29) is 12.0 Å². The van der Waals surface area contributed by atoms with Crippen LogP contribution < -0.4 is 0 Å². The molecule has 0 saturated heterocycles. The molecule has 0 saturated carbocycles. The second kappa shape index (κ2) is 3.15. The number of hydrogen-bond acceptors (Lipinski definition) is 2. The molecule has 60 valence electrons. The van der Waals surface area contributed by atoms with Gasteiger partial charge in [0.25, 0.3) is 0 Å². The van der Waals surface area contributed by atoms with Gasteiger partial charge in [-0.05, 0) is 0 Å². The third kappa shape index (κ3) is 1.66. The molecule has 0 amide bonds. The number of benzene rings is 1. The van der Waals surface area contributed by atoms with Gasteiger partial charge in [-0.25, -0.2) is 13.2 Å². The van der Waals surface area contributed by atoms with Crippen molar-refractivity contribution in [2.24, 2.45) is 0 Å². The van der Waals surface area contributed by atoms with Crippen LogP contribution >= 0.6 is 12.0 Å². The van der Waals surface area contributed by atoms with Crippen LogP contribution in [0, 0.1) is 17.5 Å². The molecule has 1 N–H and O–H groups in total. The largest absolute Gasteiger partial charge is 0.325 e. The molecule has 0 atom stereocenters. The van der Waals surface area contributed by atoms with Crippen LogP contribution in [0.4, 0.5) is 13.2 Å². The van der Waals surface area contributed by atoms with Crippen molar-refractivity contribution in [2.75, 3.05) is 0 Å². The Morgan fingerprint density at radius 2 is 1.55 bits per heavy atom. The van der Waals surface area contributed by atoms with Gasteiger partial charge in [-0.15, -0.1) is 0 Å². The van der Waals surface area contributed by atoms with E-state index in [4.69, 9.17) is 4.55 Å². The minimum atomic E-state index is -1.10. The molecule has 0 bridgehead atoms. The van der Waals surface area contributed by atoms with E-state index in [9.17, 15) is 13.2 Å². The average Bonchev–Trinajstić information content (AvgIpc) is 1.85. The van der Waals surface area contributed by atoms with Gasteiger partial charge in [0, 0.05) is 24.2 Å². The van der Waals surface area contributed by atoms with Crippen molar-refractivity contribution in [3.05, 3.63) is 29.6 Å². The Kier molecular flexibility index (Phi) is 2.41. The van der Waals surface area contributed by atoms with Gasteiger partial charge in [0.2, 0.25) is 0 Å². The minimum Gasteiger partial charge on any atom is -0.325 e. The summed E-state index contributed by atoms with van der Waals surface area (Å²) >= 11 is -0.0859. The van der Waals surface area contributed by atoms with Crippen molar-refractivity contribution >= 4 is 12.0 Å². The Labute approximate surface area is 65.1 Å². The fourth-order valence-corrected chi connectivity index (χ4v) is 0.908. The zero-order chi connectivity index (χ0) is 8.43. The minimum absolute atomic E-state index is 0.0859. The summed E-state index contributed by atoms with van der Waals surface area (Å²) in [4.78, 5) is -0.591. The molecule has 1 aromatic carbocycles. The summed E-state index contributed by atoms with van der Waals surface area (Å²) in [6.45, 7) is 0. The van der Waals surface area contributed by atoms with Gasteiger partial charge in [-0.3, -0.25) is 0 Å². The van der Waals surface area contributed by atoms with E-state index in [0.717, 1.165) is 0 Å². The molecular weight excluding hydrogens is 177 g/mol. The molecule has 1 nitrogen and oxygen atoms in total. The molecule has 5 heteroatoms. The van der Waals surface area contributed by atoms with Crippen molar-refractivity contribution in [2.45, 2.75) is 4.90 Å². The first-order valence-electron chi connectivity index (χ1n) is 2.61. The van der Waals surface area contributed by atoms with Crippen LogP contribution in [0.1, 0.15) is 0 Å². The van der Waals surface area contributed by atoms with Crippen LogP contribution in [-0.2, 0) is 0 Å². The van der Waals surface area contributed by atoms with Gasteiger partial charge < -0.3 is 4.55 Å². The van der Waals surface area contributed by atoms with Crippen LogP contribution in [0.3, 0.4) is 0 Å². The summed E-state index contributed by atoms with van der Waals surface area (Å²) < 4.78 is 45.4. The van der Waals surface area contributed by atoms with Crippen molar-refractivity contribution in [1.82, 2.24) is 0 Å². The van der Waals surface area contributed by atoms with Gasteiger partial charge in [0.15, 0.2) is 0 Å². The first kappa shape index (κ1) is 8.42. The third-order valence-electron chi connectivity index (χ3n) is 1.05. The molecule has 11 heavy (non-hydrogen) atoms. The van der Waals surface area contributed by atoms with Crippen LogP contribution in [0.5, 0.6) is 0 Å². The fraction of sp³-hybridized carbons (Fsp3) is 0. The maximum atomic E-state index is 12.5.